The van der Waals surface area contributed by atoms with E-state index in [0.717, 1.165) is 16.7 Å². The molecule has 0 atom stereocenters. The first-order chi connectivity index (χ1) is 8.68. The molecule has 0 fully saturated rings. The number of para-hydroxylation sites is 2. The van der Waals surface area contributed by atoms with Gasteiger partial charge in [-0.3, -0.25) is 9.48 Å². The van der Waals surface area contributed by atoms with Gasteiger partial charge in [-0.1, -0.05) is 12.1 Å². The van der Waals surface area contributed by atoms with E-state index in [0.29, 0.717) is 5.69 Å². The summed E-state index contributed by atoms with van der Waals surface area (Å²) in [6.45, 7) is 0. The van der Waals surface area contributed by atoms with Crippen LogP contribution in [0.25, 0.3) is 22.4 Å². The normalized spacial score (nSPS) is 11.0. The molecule has 0 radical (unpaired) electrons. The van der Waals surface area contributed by atoms with E-state index in [9.17, 15) is 4.79 Å². The van der Waals surface area contributed by atoms with Gasteiger partial charge < -0.3 is 4.57 Å². The molecule has 3 rings (SSSR count). The number of fused-ring (bicyclic) bond motifs is 1. The summed E-state index contributed by atoms with van der Waals surface area (Å²) in [4.78, 5) is 16.7. The van der Waals surface area contributed by atoms with Crippen molar-refractivity contribution in [3.05, 3.63) is 46.9 Å². The van der Waals surface area contributed by atoms with Crippen LogP contribution < -0.4 is 5.56 Å². The molecule has 0 aliphatic rings. The molecule has 18 heavy (non-hydrogen) atoms. The Hall–Kier alpha value is -2.43. The molecule has 0 saturated heterocycles. The average Bonchev–Trinajstić information content (AvgIpc) is 2.80. The van der Waals surface area contributed by atoms with Gasteiger partial charge in [0.1, 0.15) is 0 Å². The fourth-order valence-corrected chi connectivity index (χ4v) is 2.05. The molecule has 0 N–H and O–H groups in total. The van der Waals surface area contributed by atoms with E-state index >= 15 is 0 Å². The van der Waals surface area contributed by atoms with Crippen LogP contribution >= 0.6 is 0 Å². The lowest BCUT2D eigenvalue weighted by Gasteiger charge is -2.07. The van der Waals surface area contributed by atoms with Crippen molar-refractivity contribution in [1.29, 1.82) is 0 Å². The summed E-state index contributed by atoms with van der Waals surface area (Å²) in [6.07, 6.45) is 1.66. The Kier molecular flexibility index (Phi) is 2.26. The van der Waals surface area contributed by atoms with Crippen molar-refractivity contribution in [2.75, 3.05) is 0 Å². The van der Waals surface area contributed by atoms with Gasteiger partial charge in [-0.05, 0) is 18.2 Å². The topological polar surface area (TPSA) is 52.7 Å². The zero-order valence-electron chi connectivity index (χ0n) is 10.2. The van der Waals surface area contributed by atoms with E-state index in [4.69, 9.17) is 0 Å². The van der Waals surface area contributed by atoms with Crippen molar-refractivity contribution in [3.8, 4) is 11.4 Å². The highest BCUT2D eigenvalue weighted by Gasteiger charge is 2.12. The van der Waals surface area contributed by atoms with Crippen LogP contribution in [0.2, 0.25) is 0 Å². The minimum atomic E-state index is -0.114. The third kappa shape index (κ3) is 1.44. The van der Waals surface area contributed by atoms with Gasteiger partial charge in [-0.25, -0.2) is 4.98 Å². The first kappa shape index (κ1) is 10.7. The van der Waals surface area contributed by atoms with Gasteiger partial charge in [0.2, 0.25) is 0 Å². The largest absolute Gasteiger partial charge is 0.308 e. The smallest absolute Gasteiger partial charge is 0.278 e. The zero-order valence-corrected chi connectivity index (χ0v) is 10.2. The molecule has 0 aliphatic carbocycles. The first-order valence-corrected chi connectivity index (χ1v) is 5.62. The quantitative estimate of drug-likeness (QED) is 0.645. The number of aryl methyl sites for hydroxylation is 2. The Morgan fingerprint density at radius 2 is 1.89 bits per heavy atom. The molecule has 0 saturated carbocycles. The summed E-state index contributed by atoms with van der Waals surface area (Å²) in [5.41, 5.74) is 2.67. The summed E-state index contributed by atoms with van der Waals surface area (Å²) in [7, 11) is 3.55. The van der Waals surface area contributed by atoms with Crippen molar-refractivity contribution in [1.82, 2.24) is 19.3 Å². The molecule has 5 heteroatoms. The van der Waals surface area contributed by atoms with Crippen LogP contribution in [0.1, 0.15) is 0 Å². The number of rotatable bonds is 1. The van der Waals surface area contributed by atoms with Crippen molar-refractivity contribution < 1.29 is 0 Å². The van der Waals surface area contributed by atoms with Gasteiger partial charge in [0.25, 0.3) is 5.56 Å². The average molecular weight is 240 g/mol. The molecule has 0 aliphatic heterocycles. The predicted molar refractivity (Wildman–Crippen MR) is 69.2 cm³/mol. The molecular weight excluding hydrogens is 228 g/mol. The number of benzene rings is 1. The Bertz CT molecular complexity index is 785. The molecule has 0 bridgehead atoms. The fraction of sp³-hybridized carbons (Fsp3) is 0.154. The molecule has 1 aromatic carbocycles. The second-order valence-electron chi connectivity index (χ2n) is 4.15. The zero-order chi connectivity index (χ0) is 12.7. The summed E-state index contributed by atoms with van der Waals surface area (Å²) in [6, 6.07) is 9.38. The molecule has 2 aromatic heterocycles. The minimum absolute atomic E-state index is 0.114. The number of nitrogens with zero attached hydrogens (tertiary/aromatic N) is 4. The van der Waals surface area contributed by atoms with E-state index in [-0.39, 0.29) is 5.56 Å². The van der Waals surface area contributed by atoms with Crippen LogP contribution in [0.4, 0.5) is 0 Å². The van der Waals surface area contributed by atoms with Gasteiger partial charge in [-0.15, -0.1) is 0 Å². The number of aromatic nitrogens is 4. The van der Waals surface area contributed by atoms with Crippen molar-refractivity contribution >= 4 is 11.0 Å². The molecule has 2 heterocycles. The SMILES string of the molecule is Cn1nccc1-c1nc2ccccc2n(C)c1=O. The maximum absolute atomic E-state index is 12.3. The summed E-state index contributed by atoms with van der Waals surface area (Å²) < 4.78 is 3.27. The number of hydrogen-bond donors (Lipinski definition) is 0. The van der Waals surface area contributed by atoms with Crippen molar-refractivity contribution in [3.63, 3.8) is 0 Å². The van der Waals surface area contributed by atoms with Crippen LogP contribution in [-0.2, 0) is 14.1 Å². The van der Waals surface area contributed by atoms with E-state index in [1.807, 2.05) is 24.3 Å². The van der Waals surface area contributed by atoms with Gasteiger partial charge >= 0.3 is 0 Å². The standard InChI is InChI=1S/C13H12N4O/c1-16-10-6-4-3-5-9(10)15-12(13(16)18)11-7-8-14-17(11)2/h3-8H,1-2H3. The summed E-state index contributed by atoms with van der Waals surface area (Å²) in [5, 5.41) is 4.07. The highest BCUT2D eigenvalue weighted by molar-refractivity contribution is 5.77. The van der Waals surface area contributed by atoms with E-state index < -0.39 is 0 Å². The molecular formula is C13H12N4O. The lowest BCUT2D eigenvalue weighted by atomic mass is 10.2. The van der Waals surface area contributed by atoms with Gasteiger partial charge in [0.05, 0.1) is 16.7 Å². The highest BCUT2D eigenvalue weighted by atomic mass is 16.1. The van der Waals surface area contributed by atoms with Gasteiger partial charge in [-0.2, -0.15) is 5.10 Å². The van der Waals surface area contributed by atoms with Gasteiger partial charge in [0, 0.05) is 20.3 Å². The maximum atomic E-state index is 12.3. The third-order valence-electron chi connectivity index (χ3n) is 3.05. The van der Waals surface area contributed by atoms with E-state index in [1.165, 1.54) is 0 Å². The van der Waals surface area contributed by atoms with Crippen molar-refractivity contribution in [2.45, 2.75) is 0 Å². The van der Waals surface area contributed by atoms with Crippen LogP contribution in [0.3, 0.4) is 0 Å². The van der Waals surface area contributed by atoms with Crippen molar-refractivity contribution in [2.24, 2.45) is 14.1 Å². The Labute approximate surface area is 103 Å². The lowest BCUT2D eigenvalue weighted by Crippen LogP contribution is -2.21. The van der Waals surface area contributed by atoms with E-state index in [1.54, 1.807) is 35.6 Å². The van der Waals surface area contributed by atoms with Crippen LogP contribution in [0.15, 0.2) is 41.3 Å². The number of hydrogen-bond acceptors (Lipinski definition) is 3. The molecule has 0 amide bonds. The molecule has 3 aromatic rings. The van der Waals surface area contributed by atoms with Crippen LogP contribution in [-0.4, -0.2) is 19.3 Å². The summed E-state index contributed by atoms with van der Waals surface area (Å²) >= 11 is 0. The summed E-state index contributed by atoms with van der Waals surface area (Å²) in [5.74, 6) is 0. The molecule has 90 valence electrons. The Morgan fingerprint density at radius 1 is 1.11 bits per heavy atom. The molecule has 5 nitrogen and oxygen atoms in total. The minimum Gasteiger partial charge on any atom is -0.308 e. The van der Waals surface area contributed by atoms with Gasteiger partial charge in [0.15, 0.2) is 5.69 Å². The Balaban J connectivity index is 2.42. The highest BCUT2D eigenvalue weighted by Crippen LogP contribution is 2.15. The van der Waals surface area contributed by atoms with Crippen LogP contribution in [0, 0.1) is 0 Å². The molecule has 0 spiro atoms. The lowest BCUT2D eigenvalue weighted by molar-refractivity contribution is 0.769. The van der Waals surface area contributed by atoms with Crippen LogP contribution in [0.5, 0.6) is 0 Å². The fourth-order valence-electron chi connectivity index (χ4n) is 2.05. The first-order valence-electron chi connectivity index (χ1n) is 5.62. The second kappa shape index (κ2) is 3.80. The van der Waals surface area contributed by atoms with E-state index in [2.05, 4.69) is 10.1 Å². The maximum Gasteiger partial charge on any atom is 0.278 e. The third-order valence-corrected chi connectivity index (χ3v) is 3.05. The Morgan fingerprint density at radius 3 is 2.61 bits per heavy atom. The predicted octanol–water partition coefficient (Wildman–Crippen LogP) is 1.33. The monoisotopic (exact) mass is 240 g/mol. The second-order valence-corrected chi connectivity index (χ2v) is 4.15. The molecule has 0 unspecified atom stereocenters.